The van der Waals surface area contributed by atoms with Gasteiger partial charge in [-0.05, 0) is 56.5 Å². The van der Waals surface area contributed by atoms with Crippen molar-refractivity contribution in [2.45, 2.75) is 45.3 Å². The van der Waals surface area contributed by atoms with Gasteiger partial charge in [0.15, 0.2) is 0 Å². The third kappa shape index (κ3) is 4.65. The van der Waals surface area contributed by atoms with Crippen LogP contribution in [0.1, 0.15) is 31.7 Å². The van der Waals surface area contributed by atoms with Crippen molar-refractivity contribution in [3.63, 3.8) is 0 Å². The molecule has 1 saturated heterocycles. The number of rotatable bonds is 7. The highest BCUT2D eigenvalue weighted by Gasteiger charge is 2.25. The Morgan fingerprint density at radius 3 is 2.90 bits per heavy atom. The van der Waals surface area contributed by atoms with Gasteiger partial charge >= 0.3 is 0 Å². The van der Waals surface area contributed by atoms with Gasteiger partial charge in [-0.2, -0.15) is 0 Å². The molecule has 20 heavy (non-hydrogen) atoms. The molecule has 1 aliphatic heterocycles. The van der Waals surface area contributed by atoms with Crippen molar-refractivity contribution in [2.24, 2.45) is 0 Å². The molecule has 1 heterocycles. The van der Waals surface area contributed by atoms with Gasteiger partial charge in [0.2, 0.25) is 0 Å². The highest BCUT2D eigenvalue weighted by Crippen LogP contribution is 2.23. The predicted octanol–water partition coefficient (Wildman–Crippen LogP) is 3.57. The zero-order valence-electron chi connectivity index (χ0n) is 12.3. The molecule has 3 nitrogen and oxygen atoms in total. The molecule has 1 aliphatic rings. The van der Waals surface area contributed by atoms with Gasteiger partial charge < -0.3 is 14.8 Å². The van der Waals surface area contributed by atoms with Crippen LogP contribution in [0.4, 0.5) is 0 Å². The van der Waals surface area contributed by atoms with E-state index in [0.29, 0.717) is 12.7 Å². The van der Waals surface area contributed by atoms with Crippen molar-refractivity contribution in [3.05, 3.63) is 28.8 Å². The Morgan fingerprint density at radius 2 is 2.15 bits per heavy atom. The topological polar surface area (TPSA) is 30.5 Å². The molecule has 0 bridgehead atoms. The molecular weight excluding hydrogens is 274 g/mol. The fraction of sp³-hybridized carbons (Fsp3) is 0.625. The quantitative estimate of drug-likeness (QED) is 0.781. The summed E-state index contributed by atoms with van der Waals surface area (Å²) in [5.41, 5.74) is 1.04. The summed E-state index contributed by atoms with van der Waals surface area (Å²) in [6.45, 7) is 6.78. The standard InChI is InChI=1S/C16H24ClNO2/c1-3-8-18-10-14-4-5-15(20-14)11-19-13-6-7-16(17)12(2)9-13/h6-7,9,14-15,18H,3-5,8,10-11H2,1-2H3. The van der Waals surface area contributed by atoms with Crippen molar-refractivity contribution in [2.75, 3.05) is 19.7 Å². The highest BCUT2D eigenvalue weighted by atomic mass is 35.5. The number of hydrogen-bond acceptors (Lipinski definition) is 3. The van der Waals surface area contributed by atoms with Gasteiger partial charge in [-0.25, -0.2) is 0 Å². The molecule has 4 heteroatoms. The predicted molar refractivity (Wildman–Crippen MR) is 82.7 cm³/mol. The number of ether oxygens (including phenoxy) is 2. The SMILES string of the molecule is CCCNCC1CCC(COc2ccc(Cl)c(C)c2)O1. The molecule has 0 aliphatic carbocycles. The van der Waals surface area contributed by atoms with Crippen LogP contribution >= 0.6 is 11.6 Å². The summed E-state index contributed by atoms with van der Waals surface area (Å²) in [5, 5.41) is 4.18. The zero-order valence-corrected chi connectivity index (χ0v) is 13.1. The molecule has 1 aromatic carbocycles. The van der Waals surface area contributed by atoms with Crippen LogP contribution in [0.25, 0.3) is 0 Å². The fourth-order valence-electron chi connectivity index (χ4n) is 2.39. The smallest absolute Gasteiger partial charge is 0.119 e. The van der Waals surface area contributed by atoms with Gasteiger partial charge in [0.1, 0.15) is 12.4 Å². The molecule has 2 atom stereocenters. The maximum absolute atomic E-state index is 6.00. The van der Waals surface area contributed by atoms with E-state index in [-0.39, 0.29) is 6.10 Å². The molecule has 0 saturated carbocycles. The van der Waals surface area contributed by atoms with Crippen LogP contribution in [-0.2, 0) is 4.74 Å². The summed E-state index contributed by atoms with van der Waals surface area (Å²) in [6, 6.07) is 5.75. The van der Waals surface area contributed by atoms with Crippen LogP contribution in [0.15, 0.2) is 18.2 Å². The van der Waals surface area contributed by atoms with Gasteiger partial charge in [-0.1, -0.05) is 18.5 Å². The third-order valence-electron chi connectivity index (χ3n) is 3.56. The lowest BCUT2D eigenvalue weighted by atomic mass is 10.2. The van der Waals surface area contributed by atoms with Crippen LogP contribution in [0.2, 0.25) is 5.02 Å². The number of nitrogens with one attached hydrogen (secondary N) is 1. The molecule has 1 fully saturated rings. The Kier molecular flexibility index (Phi) is 6.14. The highest BCUT2D eigenvalue weighted by molar-refractivity contribution is 6.31. The molecule has 0 amide bonds. The largest absolute Gasteiger partial charge is 0.491 e. The minimum absolute atomic E-state index is 0.208. The summed E-state index contributed by atoms with van der Waals surface area (Å²) in [7, 11) is 0. The van der Waals surface area contributed by atoms with Gasteiger partial charge in [-0.15, -0.1) is 0 Å². The molecule has 0 radical (unpaired) electrons. The minimum Gasteiger partial charge on any atom is -0.491 e. The Morgan fingerprint density at radius 1 is 1.35 bits per heavy atom. The Balaban J connectivity index is 1.71. The molecule has 0 aromatic heterocycles. The normalized spacial score (nSPS) is 22.1. The average Bonchev–Trinajstić information content (AvgIpc) is 2.88. The van der Waals surface area contributed by atoms with E-state index in [1.165, 1.54) is 0 Å². The lowest BCUT2D eigenvalue weighted by Gasteiger charge is -2.15. The monoisotopic (exact) mass is 297 g/mol. The Bertz CT molecular complexity index is 425. The van der Waals surface area contributed by atoms with E-state index in [9.17, 15) is 0 Å². The van der Waals surface area contributed by atoms with Crippen molar-refractivity contribution < 1.29 is 9.47 Å². The van der Waals surface area contributed by atoms with Crippen LogP contribution < -0.4 is 10.1 Å². The molecule has 2 rings (SSSR count). The molecule has 1 N–H and O–H groups in total. The van der Waals surface area contributed by atoms with Crippen molar-refractivity contribution in [1.82, 2.24) is 5.32 Å². The third-order valence-corrected chi connectivity index (χ3v) is 3.98. The summed E-state index contributed by atoms with van der Waals surface area (Å²) < 4.78 is 11.8. The van der Waals surface area contributed by atoms with E-state index in [2.05, 4.69) is 12.2 Å². The minimum atomic E-state index is 0.208. The van der Waals surface area contributed by atoms with Crippen LogP contribution in [-0.4, -0.2) is 31.9 Å². The van der Waals surface area contributed by atoms with Gasteiger partial charge in [0.05, 0.1) is 12.2 Å². The Labute approximate surface area is 126 Å². The average molecular weight is 298 g/mol. The first-order valence-corrected chi connectivity index (χ1v) is 7.82. The second-order valence-electron chi connectivity index (χ2n) is 5.38. The van der Waals surface area contributed by atoms with Gasteiger partial charge in [-0.3, -0.25) is 0 Å². The first-order valence-electron chi connectivity index (χ1n) is 7.44. The first kappa shape index (κ1) is 15.6. The lowest BCUT2D eigenvalue weighted by Crippen LogP contribution is -2.28. The maximum atomic E-state index is 6.00. The number of halogens is 1. The summed E-state index contributed by atoms with van der Waals surface area (Å²) in [5.74, 6) is 0.864. The van der Waals surface area contributed by atoms with E-state index in [4.69, 9.17) is 21.1 Å². The number of aryl methyl sites for hydroxylation is 1. The van der Waals surface area contributed by atoms with Crippen LogP contribution in [0, 0.1) is 6.92 Å². The molecule has 2 unspecified atom stereocenters. The number of hydrogen-bond donors (Lipinski definition) is 1. The van der Waals surface area contributed by atoms with Crippen LogP contribution in [0.3, 0.4) is 0 Å². The van der Waals surface area contributed by atoms with Gasteiger partial charge in [0.25, 0.3) is 0 Å². The van der Waals surface area contributed by atoms with E-state index in [1.807, 2.05) is 25.1 Å². The van der Waals surface area contributed by atoms with Crippen molar-refractivity contribution in [1.29, 1.82) is 0 Å². The molecule has 112 valence electrons. The van der Waals surface area contributed by atoms with Gasteiger partial charge in [0, 0.05) is 11.6 Å². The zero-order chi connectivity index (χ0) is 14.4. The second kappa shape index (κ2) is 7.87. The lowest BCUT2D eigenvalue weighted by molar-refractivity contribution is 0.0186. The van der Waals surface area contributed by atoms with E-state index < -0.39 is 0 Å². The maximum Gasteiger partial charge on any atom is 0.119 e. The van der Waals surface area contributed by atoms with E-state index in [0.717, 1.165) is 48.7 Å². The second-order valence-corrected chi connectivity index (χ2v) is 5.79. The van der Waals surface area contributed by atoms with E-state index >= 15 is 0 Å². The fourth-order valence-corrected chi connectivity index (χ4v) is 2.51. The first-order chi connectivity index (χ1) is 9.69. The molecule has 0 spiro atoms. The van der Waals surface area contributed by atoms with Crippen molar-refractivity contribution >= 4 is 11.6 Å². The summed E-state index contributed by atoms with van der Waals surface area (Å²) in [4.78, 5) is 0. The molecule has 1 aromatic rings. The van der Waals surface area contributed by atoms with Crippen LogP contribution in [0.5, 0.6) is 5.75 Å². The molecular formula is C16H24ClNO2. The summed E-state index contributed by atoms with van der Waals surface area (Å²) in [6.07, 6.45) is 3.89. The number of benzene rings is 1. The van der Waals surface area contributed by atoms with Crippen molar-refractivity contribution in [3.8, 4) is 5.75 Å². The summed E-state index contributed by atoms with van der Waals surface area (Å²) >= 11 is 6.00. The van der Waals surface area contributed by atoms with E-state index in [1.54, 1.807) is 0 Å². The Hall–Kier alpha value is -0.770.